The van der Waals surface area contributed by atoms with E-state index in [1.165, 1.54) is 9.75 Å². The van der Waals surface area contributed by atoms with Crippen LogP contribution in [0.4, 0.5) is 0 Å². The number of thiophene rings is 1. The van der Waals surface area contributed by atoms with Gasteiger partial charge in [-0.15, -0.1) is 11.3 Å². The summed E-state index contributed by atoms with van der Waals surface area (Å²) in [6.07, 6.45) is 0.799. The van der Waals surface area contributed by atoms with E-state index in [0.717, 1.165) is 6.42 Å². The van der Waals surface area contributed by atoms with E-state index in [-0.39, 0.29) is 29.8 Å². The van der Waals surface area contributed by atoms with Crippen molar-refractivity contribution in [2.24, 2.45) is 5.92 Å². The van der Waals surface area contributed by atoms with Crippen LogP contribution in [0.3, 0.4) is 0 Å². The van der Waals surface area contributed by atoms with Crippen LogP contribution >= 0.6 is 11.3 Å². The lowest BCUT2D eigenvalue weighted by molar-refractivity contribution is -0.153. The highest BCUT2D eigenvalue weighted by atomic mass is 32.1. The molecule has 3 unspecified atom stereocenters. The molecule has 21 heavy (non-hydrogen) atoms. The van der Waals surface area contributed by atoms with Crippen molar-refractivity contribution >= 4 is 23.2 Å². The van der Waals surface area contributed by atoms with Gasteiger partial charge < -0.3 is 10.2 Å². The van der Waals surface area contributed by atoms with Gasteiger partial charge in [0, 0.05) is 22.2 Å². The van der Waals surface area contributed by atoms with Crippen LogP contribution in [-0.4, -0.2) is 34.8 Å². The van der Waals surface area contributed by atoms with Gasteiger partial charge in [0.2, 0.25) is 11.8 Å². The highest BCUT2D eigenvalue weighted by molar-refractivity contribution is 7.11. The van der Waals surface area contributed by atoms with Crippen LogP contribution in [-0.2, 0) is 16.0 Å². The van der Waals surface area contributed by atoms with Gasteiger partial charge in [0.1, 0.15) is 12.1 Å². The summed E-state index contributed by atoms with van der Waals surface area (Å²) in [5.41, 5.74) is 0. The standard InChI is InChI=1S/C16H24N2O2S/c1-9(2)14-15(19)17-12(5)16(20)18(14)10(3)8-13-7-6-11(4)21-13/h6-7,9-10,12,14H,8H2,1-5H3,(H,17,19). The maximum absolute atomic E-state index is 12.5. The van der Waals surface area contributed by atoms with Crippen molar-refractivity contribution in [3.05, 3.63) is 21.9 Å². The van der Waals surface area contributed by atoms with Gasteiger partial charge in [-0.3, -0.25) is 9.59 Å². The molecule has 1 aliphatic heterocycles. The number of rotatable bonds is 4. The van der Waals surface area contributed by atoms with Crippen LogP contribution in [0.25, 0.3) is 0 Å². The second-order valence-corrected chi connectivity index (χ2v) is 7.60. The minimum atomic E-state index is -0.431. The lowest BCUT2D eigenvalue weighted by atomic mass is 9.95. The van der Waals surface area contributed by atoms with E-state index in [0.29, 0.717) is 0 Å². The molecule has 0 aromatic carbocycles. The van der Waals surface area contributed by atoms with E-state index < -0.39 is 6.04 Å². The van der Waals surface area contributed by atoms with Crippen LogP contribution in [0.2, 0.25) is 0 Å². The summed E-state index contributed by atoms with van der Waals surface area (Å²) in [7, 11) is 0. The first kappa shape index (κ1) is 16.0. The van der Waals surface area contributed by atoms with E-state index in [4.69, 9.17) is 0 Å². The van der Waals surface area contributed by atoms with Crippen molar-refractivity contribution in [2.45, 2.75) is 59.2 Å². The largest absolute Gasteiger partial charge is 0.343 e. The summed E-state index contributed by atoms with van der Waals surface area (Å²) in [4.78, 5) is 29.1. The van der Waals surface area contributed by atoms with Crippen molar-refractivity contribution in [2.75, 3.05) is 0 Å². The van der Waals surface area contributed by atoms with Crippen LogP contribution in [0.5, 0.6) is 0 Å². The first-order valence-corrected chi connectivity index (χ1v) is 8.30. The molecule has 4 nitrogen and oxygen atoms in total. The van der Waals surface area contributed by atoms with E-state index in [1.807, 2.05) is 20.8 Å². The van der Waals surface area contributed by atoms with Gasteiger partial charge in [0.05, 0.1) is 0 Å². The molecule has 0 aliphatic carbocycles. The predicted molar refractivity (Wildman–Crippen MR) is 85.3 cm³/mol. The summed E-state index contributed by atoms with van der Waals surface area (Å²) in [5.74, 6) is 0.0920. The minimum absolute atomic E-state index is 0.0223. The highest BCUT2D eigenvalue weighted by Crippen LogP contribution is 2.24. The molecule has 0 bridgehead atoms. The summed E-state index contributed by atoms with van der Waals surface area (Å²) < 4.78 is 0. The fourth-order valence-corrected chi connectivity index (χ4v) is 3.96. The average molecular weight is 308 g/mol. The molecular formula is C16H24N2O2S. The minimum Gasteiger partial charge on any atom is -0.343 e. The number of carbonyl (C=O) groups excluding carboxylic acids is 2. The number of nitrogens with one attached hydrogen (secondary N) is 1. The Morgan fingerprint density at radius 3 is 2.48 bits per heavy atom. The Labute approximate surface area is 130 Å². The van der Waals surface area contributed by atoms with Gasteiger partial charge in [0.15, 0.2) is 0 Å². The third-order valence-electron chi connectivity index (χ3n) is 3.95. The summed E-state index contributed by atoms with van der Waals surface area (Å²) in [6.45, 7) is 9.85. The van der Waals surface area contributed by atoms with Crippen molar-refractivity contribution in [1.82, 2.24) is 10.2 Å². The molecule has 1 saturated heterocycles. The molecule has 0 radical (unpaired) electrons. The van der Waals surface area contributed by atoms with E-state index in [9.17, 15) is 9.59 Å². The Balaban J connectivity index is 2.22. The summed E-state index contributed by atoms with van der Waals surface area (Å²) >= 11 is 1.75. The molecule has 1 aliphatic rings. The quantitative estimate of drug-likeness (QED) is 0.928. The molecule has 2 rings (SSSR count). The first-order valence-electron chi connectivity index (χ1n) is 7.49. The molecule has 1 aromatic heterocycles. The van der Waals surface area contributed by atoms with E-state index in [2.05, 4.69) is 24.4 Å². The maximum atomic E-state index is 12.5. The fraction of sp³-hybridized carbons (Fsp3) is 0.625. The number of nitrogens with zero attached hydrogens (tertiary/aromatic N) is 1. The Bertz CT molecular complexity index is 538. The van der Waals surface area contributed by atoms with Crippen LogP contribution in [0, 0.1) is 12.8 Å². The number of hydrogen-bond donors (Lipinski definition) is 1. The number of piperazine rings is 1. The Morgan fingerprint density at radius 1 is 1.29 bits per heavy atom. The third-order valence-corrected chi connectivity index (χ3v) is 4.97. The van der Waals surface area contributed by atoms with Crippen LogP contribution < -0.4 is 5.32 Å². The van der Waals surface area contributed by atoms with Crippen LogP contribution in [0.1, 0.15) is 37.4 Å². The SMILES string of the molecule is Cc1ccc(CC(C)N2C(=O)C(C)NC(=O)C2C(C)C)s1. The molecule has 2 heterocycles. The summed E-state index contributed by atoms with van der Waals surface area (Å²) in [6, 6.07) is 3.43. The average Bonchev–Trinajstić information content (AvgIpc) is 2.78. The number of hydrogen-bond acceptors (Lipinski definition) is 3. The Morgan fingerprint density at radius 2 is 1.95 bits per heavy atom. The predicted octanol–water partition coefficient (Wildman–Crippen LogP) is 2.36. The third kappa shape index (κ3) is 3.28. The zero-order valence-electron chi connectivity index (χ0n) is 13.3. The molecule has 1 aromatic rings. The Kier molecular flexibility index (Phi) is 4.71. The fourth-order valence-electron chi connectivity index (χ4n) is 2.95. The molecule has 3 atom stereocenters. The Hall–Kier alpha value is -1.36. The molecule has 1 fully saturated rings. The lowest BCUT2D eigenvalue weighted by Gasteiger charge is -2.43. The lowest BCUT2D eigenvalue weighted by Crippen LogP contribution is -2.66. The zero-order chi connectivity index (χ0) is 15.7. The molecule has 0 spiro atoms. The van der Waals surface area contributed by atoms with Gasteiger partial charge >= 0.3 is 0 Å². The zero-order valence-corrected chi connectivity index (χ0v) is 14.2. The van der Waals surface area contributed by atoms with Gasteiger partial charge in [-0.05, 0) is 38.8 Å². The van der Waals surface area contributed by atoms with E-state index >= 15 is 0 Å². The van der Waals surface area contributed by atoms with Gasteiger partial charge in [-0.25, -0.2) is 0 Å². The second-order valence-electron chi connectivity index (χ2n) is 6.23. The molecular weight excluding hydrogens is 284 g/mol. The molecule has 116 valence electrons. The normalized spacial score (nSPS) is 24.4. The smallest absolute Gasteiger partial charge is 0.245 e. The van der Waals surface area contributed by atoms with Crippen molar-refractivity contribution < 1.29 is 9.59 Å². The number of carbonyl (C=O) groups is 2. The van der Waals surface area contributed by atoms with E-state index in [1.54, 1.807) is 23.2 Å². The molecule has 1 N–H and O–H groups in total. The summed E-state index contributed by atoms with van der Waals surface area (Å²) in [5, 5.41) is 2.79. The second kappa shape index (κ2) is 6.18. The van der Waals surface area contributed by atoms with Crippen molar-refractivity contribution in [3.8, 4) is 0 Å². The highest BCUT2D eigenvalue weighted by Gasteiger charge is 2.42. The first-order chi connectivity index (χ1) is 9.81. The monoisotopic (exact) mass is 308 g/mol. The molecule has 0 saturated carbocycles. The molecule has 5 heteroatoms. The van der Waals surface area contributed by atoms with Gasteiger partial charge in [0.25, 0.3) is 0 Å². The molecule has 2 amide bonds. The van der Waals surface area contributed by atoms with Crippen molar-refractivity contribution in [1.29, 1.82) is 0 Å². The van der Waals surface area contributed by atoms with Crippen LogP contribution in [0.15, 0.2) is 12.1 Å². The number of amides is 2. The number of aryl methyl sites for hydroxylation is 1. The van der Waals surface area contributed by atoms with Crippen molar-refractivity contribution in [3.63, 3.8) is 0 Å². The maximum Gasteiger partial charge on any atom is 0.245 e. The van der Waals surface area contributed by atoms with Gasteiger partial charge in [-0.2, -0.15) is 0 Å². The topological polar surface area (TPSA) is 49.4 Å². The van der Waals surface area contributed by atoms with Gasteiger partial charge in [-0.1, -0.05) is 13.8 Å².